The minimum atomic E-state index is -3.61. The fourth-order valence-electron chi connectivity index (χ4n) is 2.01. The van der Waals surface area contributed by atoms with Crippen LogP contribution in [0, 0.1) is 0 Å². The summed E-state index contributed by atoms with van der Waals surface area (Å²) in [6, 6.07) is 6.38. The first-order valence-electron chi connectivity index (χ1n) is 6.62. The van der Waals surface area contributed by atoms with Gasteiger partial charge in [0.05, 0.1) is 18.1 Å². The maximum absolute atomic E-state index is 12.8. The molecule has 0 aromatic heterocycles. The molecule has 0 spiro atoms. The van der Waals surface area contributed by atoms with Crippen molar-refractivity contribution in [3.63, 3.8) is 0 Å². The SMILES string of the molecule is COCCN(C(C)COC)S(=O)(=O)c1cccc(CCl)c1. The van der Waals surface area contributed by atoms with Gasteiger partial charge in [-0.05, 0) is 24.6 Å². The van der Waals surface area contributed by atoms with Crippen LogP contribution in [0.15, 0.2) is 29.2 Å². The van der Waals surface area contributed by atoms with Crippen LogP contribution in [0.1, 0.15) is 12.5 Å². The van der Waals surface area contributed by atoms with Gasteiger partial charge in [0, 0.05) is 32.7 Å². The highest BCUT2D eigenvalue weighted by atomic mass is 35.5. The van der Waals surface area contributed by atoms with Crippen molar-refractivity contribution in [2.45, 2.75) is 23.7 Å². The highest BCUT2D eigenvalue weighted by molar-refractivity contribution is 7.89. The zero-order valence-corrected chi connectivity index (χ0v) is 14.2. The van der Waals surface area contributed by atoms with E-state index in [9.17, 15) is 8.42 Å². The molecule has 1 aromatic rings. The van der Waals surface area contributed by atoms with Crippen LogP contribution in [0.4, 0.5) is 0 Å². The number of benzene rings is 1. The van der Waals surface area contributed by atoms with E-state index >= 15 is 0 Å². The Morgan fingerprint density at radius 2 is 2.00 bits per heavy atom. The Bertz CT molecular complexity index is 536. The molecular weight excluding hydrogens is 314 g/mol. The number of hydrogen-bond donors (Lipinski definition) is 0. The standard InChI is InChI=1S/C14H22ClNO4S/c1-12(11-20-3)16(7-8-19-2)21(17,18)14-6-4-5-13(9-14)10-15/h4-6,9,12H,7-8,10-11H2,1-3H3. The van der Waals surface area contributed by atoms with Gasteiger partial charge in [-0.1, -0.05) is 12.1 Å². The lowest BCUT2D eigenvalue weighted by molar-refractivity contribution is 0.119. The van der Waals surface area contributed by atoms with E-state index in [1.807, 2.05) is 6.92 Å². The molecule has 21 heavy (non-hydrogen) atoms. The Hall–Kier alpha value is -0.660. The number of rotatable bonds is 9. The van der Waals surface area contributed by atoms with Crippen molar-refractivity contribution in [3.05, 3.63) is 29.8 Å². The van der Waals surface area contributed by atoms with Crippen LogP contribution < -0.4 is 0 Å². The molecule has 0 heterocycles. The molecule has 1 rings (SSSR count). The molecule has 0 N–H and O–H groups in total. The highest BCUT2D eigenvalue weighted by Gasteiger charge is 2.28. The highest BCUT2D eigenvalue weighted by Crippen LogP contribution is 2.20. The van der Waals surface area contributed by atoms with Gasteiger partial charge in [-0.2, -0.15) is 4.31 Å². The summed E-state index contributed by atoms with van der Waals surface area (Å²) < 4.78 is 37.1. The lowest BCUT2D eigenvalue weighted by Gasteiger charge is -2.27. The number of ether oxygens (including phenoxy) is 2. The van der Waals surface area contributed by atoms with E-state index < -0.39 is 10.0 Å². The second-order valence-corrected chi connectivity index (χ2v) is 6.85. The molecule has 120 valence electrons. The molecule has 0 aliphatic rings. The first-order valence-corrected chi connectivity index (χ1v) is 8.59. The lowest BCUT2D eigenvalue weighted by atomic mass is 10.2. The summed E-state index contributed by atoms with van der Waals surface area (Å²) in [6.07, 6.45) is 0. The molecule has 5 nitrogen and oxygen atoms in total. The van der Waals surface area contributed by atoms with E-state index in [1.54, 1.807) is 38.5 Å². The molecule has 1 atom stereocenters. The Labute approximate surface area is 131 Å². The van der Waals surface area contributed by atoms with Gasteiger partial charge in [-0.3, -0.25) is 0 Å². The minimum Gasteiger partial charge on any atom is -0.383 e. The van der Waals surface area contributed by atoms with Crippen LogP contribution in [0.25, 0.3) is 0 Å². The number of hydrogen-bond acceptors (Lipinski definition) is 4. The van der Waals surface area contributed by atoms with E-state index in [2.05, 4.69) is 0 Å². The molecule has 7 heteroatoms. The van der Waals surface area contributed by atoms with Crippen molar-refractivity contribution in [3.8, 4) is 0 Å². The van der Waals surface area contributed by atoms with Crippen molar-refractivity contribution < 1.29 is 17.9 Å². The normalized spacial score (nSPS) is 13.6. The Morgan fingerprint density at radius 3 is 2.57 bits per heavy atom. The fraction of sp³-hybridized carbons (Fsp3) is 0.571. The summed E-state index contributed by atoms with van der Waals surface area (Å²) in [7, 11) is -0.524. The van der Waals surface area contributed by atoms with Gasteiger partial charge in [0.1, 0.15) is 0 Å². The van der Waals surface area contributed by atoms with Crippen molar-refractivity contribution >= 4 is 21.6 Å². The van der Waals surface area contributed by atoms with Crippen LogP contribution in [-0.4, -0.2) is 52.7 Å². The molecule has 0 bridgehead atoms. The predicted octanol–water partition coefficient (Wildman–Crippen LogP) is 2.10. The second kappa shape index (κ2) is 8.70. The summed E-state index contributed by atoms with van der Waals surface area (Å²) in [4.78, 5) is 0.236. The third kappa shape index (κ3) is 4.93. The number of sulfonamides is 1. The van der Waals surface area contributed by atoms with Crippen LogP contribution >= 0.6 is 11.6 Å². The molecule has 0 saturated heterocycles. The van der Waals surface area contributed by atoms with Gasteiger partial charge >= 0.3 is 0 Å². The number of methoxy groups -OCH3 is 2. The van der Waals surface area contributed by atoms with E-state index in [0.717, 1.165) is 5.56 Å². The number of halogens is 1. The fourth-order valence-corrected chi connectivity index (χ4v) is 3.84. The third-order valence-corrected chi connectivity index (χ3v) is 5.39. The van der Waals surface area contributed by atoms with E-state index in [1.165, 1.54) is 4.31 Å². The summed E-state index contributed by atoms with van der Waals surface area (Å²) >= 11 is 5.78. The van der Waals surface area contributed by atoms with Crippen LogP contribution in [0.2, 0.25) is 0 Å². The molecular formula is C14H22ClNO4S. The summed E-state index contributed by atoms with van der Waals surface area (Å²) in [6.45, 7) is 2.72. The Balaban J connectivity index is 3.12. The second-order valence-electron chi connectivity index (χ2n) is 4.69. The van der Waals surface area contributed by atoms with Crippen molar-refractivity contribution in [2.24, 2.45) is 0 Å². The van der Waals surface area contributed by atoms with E-state index in [-0.39, 0.29) is 23.4 Å². The van der Waals surface area contributed by atoms with Crippen molar-refractivity contribution in [2.75, 3.05) is 34.0 Å². The van der Waals surface area contributed by atoms with Gasteiger partial charge in [-0.15, -0.1) is 11.6 Å². The van der Waals surface area contributed by atoms with Crippen LogP contribution in [0.3, 0.4) is 0 Å². The molecule has 1 unspecified atom stereocenters. The maximum atomic E-state index is 12.8. The third-order valence-electron chi connectivity index (χ3n) is 3.07. The van der Waals surface area contributed by atoms with Crippen molar-refractivity contribution in [1.82, 2.24) is 4.31 Å². The first-order chi connectivity index (χ1) is 9.97. The van der Waals surface area contributed by atoms with Gasteiger partial charge in [0.15, 0.2) is 0 Å². The first kappa shape index (κ1) is 18.4. The van der Waals surface area contributed by atoms with Gasteiger partial charge < -0.3 is 9.47 Å². The smallest absolute Gasteiger partial charge is 0.243 e. The zero-order chi connectivity index (χ0) is 15.9. The van der Waals surface area contributed by atoms with Gasteiger partial charge in [0.25, 0.3) is 0 Å². The zero-order valence-electron chi connectivity index (χ0n) is 12.6. The summed E-state index contributed by atoms with van der Waals surface area (Å²) in [5.41, 5.74) is 0.767. The van der Waals surface area contributed by atoms with Gasteiger partial charge in [0.2, 0.25) is 10.0 Å². The molecule has 0 fully saturated rings. The van der Waals surface area contributed by atoms with E-state index in [4.69, 9.17) is 21.1 Å². The molecule has 0 saturated carbocycles. The van der Waals surface area contributed by atoms with Gasteiger partial charge in [-0.25, -0.2) is 8.42 Å². The minimum absolute atomic E-state index is 0.236. The number of nitrogens with zero attached hydrogens (tertiary/aromatic N) is 1. The van der Waals surface area contributed by atoms with Crippen molar-refractivity contribution in [1.29, 1.82) is 0 Å². The molecule has 0 amide bonds. The summed E-state index contributed by atoms with van der Waals surface area (Å²) in [5.74, 6) is 0.273. The molecule has 0 aliphatic heterocycles. The largest absolute Gasteiger partial charge is 0.383 e. The van der Waals surface area contributed by atoms with Crippen LogP contribution in [0.5, 0.6) is 0 Å². The monoisotopic (exact) mass is 335 g/mol. The average Bonchev–Trinajstić information content (AvgIpc) is 2.47. The maximum Gasteiger partial charge on any atom is 0.243 e. The Morgan fingerprint density at radius 1 is 1.29 bits per heavy atom. The predicted molar refractivity (Wildman–Crippen MR) is 83.1 cm³/mol. The summed E-state index contributed by atoms with van der Waals surface area (Å²) in [5, 5.41) is 0. The Kier molecular flexibility index (Phi) is 7.62. The molecule has 0 radical (unpaired) electrons. The van der Waals surface area contributed by atoms with Crippen LogP contribution in [-0.2, 0) is 25.4 Å². The number of alkyl halides is 1. The topological polar surface area (TPSA) is 55.8 Å². The van der Waals surface area contributed by atoms with E-state index in [0.29, 0.717) is 13.2 Å². The lowest BCUT2D eigenvalue weighted by Crippen LogP contribution is -2.42. The molecule has 0 aliphatic carbocycles. The average molecular weight is 336 g/mol. The molecule has 1 aromatic carbocycles. The quantitative estimate of drug-likeness (QED) is 0.648.